The first-order chi connectivity index (χ1) is 6.79. The van der Waals surface area contributed by atoms with Crippen molar-refractivity contribution in [2.75, 3.05) is 6.54 Å². The quantitative estimate of drug-likeness (QED) is 0.661. The highest BCUT2D eigenvalue weighted by Gasteiger charge is 2.43. The second-order valence-corrected chi connectivity index (χ2v) is 4.51. The van der Waals surface area contributed by atoms with E-state index in [9.17, 15) is 4.39 Å². The second kappa shape index (κ2) is 2.80. The molecule has 1 aromatic rings. The lowest BCUT2D eigenvalue weighted by atomic mass is 9.99. The SMILES string of the molecule is Fc1cccc2c1CCNC1(CC1)C2. The van der Waals surface area contributed by atoms with Crippen LogP contribution in [0.3, 0.4) is 0 Å². The van der Waals surface area contributed by atoms with Gasteiger partial charge in [-0.2, -0.15) is 0 Å². The van der Waals surface area contributed by atoms with Crippen molar-refractivity contribution >= 4 is 0 Å². The third-order valence-electron chi connectivity index (χ3n) is 3.47. The zero-order valence-electron chi connectivity index (χ0n) is 8.15. The maximum atomic E-state index is 13.5. The molecule has 0 saturated heterocycles. The predicted octanol–water partition coefficient (Wildman–Crippen LogP) is 2.05. The van der Waals surface area contributed by atoms with Gasteiger partial charge in [0, 0.05) is 5.54 Å². The van der Waals surface area contributed by atoms with Gasteiger partial charge in [-0.1, -0.05) is 12.1 Å². The summed E-state index contributed by atoms with van der Waals surface area (Å²) in [6.07, 6.45) is 4.36. The summed E-state index contributed by atoms with van der Waals surface area (Å²) in [5, 5.41) is 3.54. The number of rotatable bonds is 0. The van der Waals surface area contributed by atoms with E-state index in [2.05, 4.69) is 11.4 Å². The maximum absolute atomic E-state index is 13.5. The summed E-state index contributed by atoms with van der Waals surface area (Å²) in [5.41, 5.74) is 2.48. The van der Waals surface area contributed by atoms with Crippen LogP contribution in [0, 0.1) is 5.82 Å². The first-order valence-electron chi connectivity index (χ1n) is 5.30. The molecule has 0 atom stereocenters. The van der Waals surface area contributed by atoms with Crippen molar-refractivity contribution in [3.63, 3.8) is 0 Å². The molecule has 0 unspecified atom stereocenters. The summed E-state index contributed by atoms with van der Waals surface area (Å²) in [4.78, 5) is 0. The monoisotopic (exact) mass is 191 g/mol. The average Bonchev–Trinajstić information content (AvgIpc) is 2.93. The van der Waals surface area contributed by atoms with E-state index >= 15 is 0 Å². The third kappa shape index (κ3) is 1.25. The molecule has 0 bridgehead atoms. The van der Waals surface area contributed by atoms with Crippen LogP contribution in [0.1, 0.15) is 24.0 Å². The number of fused-ring (bicyclic) bond motifs is 1. The molecule has 2 aliphatic rings. The van der Waals surface area contributed by atoms with Crippen molar-refractivity contribution < 1.29 is 4.39 Å². The average molecular weight is 191 g/mol. The number of hydrogen-bond donors (Lipinski definition) is 1. The van der Waals surface area contributed by atoms with Crippen LogP contribution in [0.2, 0.25) is 0 Å². The summed E-state index contributed by atoms with van der Waals surface area (Å²) in [7, 11) is 0. The van der Waals surface area contributed by atoms with Crippen LogP contribution in [0.15, 0.2) is 18.2 Å². The van der Waals surface area contributed by atoms with Crippen LogP contribution < -0.4 is 5.32 Å². The minimum atomic E-state index is -0.0259. The Morgan fingerprint density at radius 1 is 1.29 bits per heavy atom. The maximum Gasteiger partial charge on any atom is 0.126 e. The highest BCUT2D eigenvalue weighted by molar-refractivity contribution is 5.33. The van der Waals surface area contributed by atoms with Crippen LogP contribution >= 0.6 is 0 Å². The molecule has 2 heteroatoms. The fraction of sp³-hybridized carbons (Fsp3) is 0.500. The molecule has 1 fully saturated rings. The summed E-state index contributed by atoms with van der Waals surface area (Å²) in [6, 6.07) is 5.48. The molecule has 1 spiro atoms. The van der Waals surface area contributed by atoms with E-state index < -0.39 is 0 Å². The normalized spacial score (nSPS) is 22.9. The van der Waals surface area contributed by atoms with Crippen LogP contribution in [0.5, 0.6) is 0 Å². The molecule has 74 valence electrons. The molecule has 1 N–H and O–H groups in total. The lowest BCUT2D eigenvalue weighted by Gasteiger charge is -2.13. The smallest absolute Gasteiger partial charge is 0.126 e. The lowest BCUT2D eigenvalue weighted by Crippen LogP contribution is -2.32. The molecule has 1 aliphatic carbocycles. The summed E-state index contributed by atoms with van der Waals surface area (Å²) in [5.74, 6) is -0.0259. The molecule has 1 aromatic carbocycles. The van der Waals surface area contributed by atoms with Gasteiger partial charge < -0.3 is 5.32 Å². The van der Waals surface area contributed by atoms with Gasteiger partial charge >= 0.3 is 0 Å². The molecule has 0 radical (unpaired) electrons. The van der Waals surface area contributed by atoms with Gasteiger partial charge in [0.25, 0.3) is 0 Å². The number of halogens is 1. The topological polar surface area (TPSA) is 12.0 Å². The van der Waals surface area contributed by atoms with Crippen molar-refractivity contribution in [3.8, 4) is 0 Å². The molecular formula is C12H14FN. The van der Waals surface area contributed by atoms with Gasteiger partial charge in [-0.15, -0.1) is 0 Å². The van der Waals surface area contributed by atoms with Gasteiger partial charge in [-0.3, -0.25) is 0 Å². The Morgan fingerprint density at radius 2 is 2.14 bits per heavy atom. The van der Waals surface area contributed by atoms with E-state index in [0.29, 0.717) is 5.54 Å². The molecular weight excluding hydrogens is 177 g/mol. The molecule has 3 rings (SSSR count). The van der Waals surface area contributed by atoms with E-state index in [4.69, 9.17) is 0 Å². The summed E-state index contributed by atoms with van der Waals surface area (Å²) < 4.78 is 13.5. The lowest BCUT2D eigenvalue weighted by molar-refractivity contribution is 0.514. The minimum Gasteiger partial charge on any atom is -0.311 e. The van der Waals surface area contributed by atoms with Crippen molar-refractivity contribution in [1.29, 1.82) is 0 Å². The van der Waals surface area contributed by atoms with Crippen molar-refractivity contribution in [2.45, 2.75) is 31.2 Å². The van der Waals surface area contributed by atoms with E-state index in [-0.39, 0.29) is 5.82 Å². The summed E-state index contributed by atoms with van der Waals surface area (Å²) in [6.45, 7) is 0.925. The van der Waals surface area contributed by atoms with Crippen molar-refractivity contribution in [2.24, 2.45) is 0 Å². The molecule has 14 heavy (non-hydrogen) atoms. The fourth-order valence-corrected chi connectivity index (χ4v) is 2.43. The Hall–Kier alpha value is -0.890. The predicted molar refractivity (Wildman–Crippen MR) is 53.8 cm³/mol. The highest BCUT2D eigenvalue weighted by Crippen LogP contribution is 2.40. The zero-order chi connectivity index (χ0) is 9.60. The first-order valence-corrected chi connectivity index (χ1v) is 5.30. The molecule has 1 heterocycles. The number of benzene rings is 1. The van der Waals surface area contributed by atoms with Crippen LogP contribution in [-0.4, -0.2) is 12.1 Å². The van der Waals surface area contributed by atoms with Gasteiger partial charge in [-0.25, -0.2) is 4.39 Å². The van der Waals surface area contributed by atoms with Gasteiger partial charge in [0.15, 0.2) is 0 Å². The van der Waals surface area contributed by atoms with E-state index in [1.54, 1.807) is 6.07 Å². The zero-order valence-corrected chi connectivity index (χ0v) is 8.15. The molecule has 1 aliphatic heterocycles. The second-order valence-electron chi connectivity index (χ2n) is 4.51. The Balaban J connectivity index is 2.03. The Kier molecular flexibility index (Phi) is 1.68. The molecule has 0 aromatic heterocycles. The van der Waals surface area contributed by atoms with Crippen LogP contribution in [-0.2, 0) is 12.8 Å². The van der Waals surface area contributed by atoms with Gasteiger partial charge in [0.1, 0.15) is 5.82 Å². The molecule has 0 amide bonds. The van der Waals surface area contributed by atoms with Gasteiger partial charge in [0.05, 0.1) is 0 Å². The van der Waals surface area contributed by atoms with E-state index in [0.717, 1.165) is 24.9 Å². The van der Waals surface area contributed by atoms with Crippen LogP contribution in [0.4, 0.5) is 4.39 Å². The Morgan fingerprint density at radius 3 is 2.93 bits per heavy atom. The highest BCUT2D eigenvalue weighted by atomic mass is 19.1. The molecule has 1 nitrogen and oxygen atoms in total. The van der Waals surface area contributed by atoms with Crippen LogP contribution in [0.25, 0.3) is 0 Å². The van der Waals surface area contributed by atoms with E-state index in [1.807, 2.05) is 6.07 Å². The minimum absolute atomic E-state index is 0.0259. The first kappa shape index (κ1) is 8.42. The van der Waals surface area contributed by atoms with Crippen molar-refractivity contribution in [1.82, 2.24) is 5.32 Å². The largest absolute Gasteiger partial charge is 0.311 e. The standard InChI is InChI=1S/C12H14FN/c13-11-3-1-2-9-8-12(5-6-12)14-7-4-10(9)11/h1-3,14H,4-8H2. The van der Waals surface area contributed by atoms with Gasteiger partial charge in [0.2, 0.25) is 0 Å². The Bertz CT molecular complexity index is 369. The summed E-state index contributed by atoms with van der Waals surface area (Å²) >= 11 is 0. The van der Waals surface area contributed by atoms with Crippen molar-refractivity contribution in [3.05, 3.63) is 35.1 Å². The van der Waals surface area contributed by atoms with E-state index in [1.165, 1.54) is 18.4 Å². The third-order valence-corrected chi connectivity index (χ3v) is 3.47. The molecule has 1 saturated carbocycles. The Labute approximate surface area is 83.3 Å². The fourth-order valence-electron chi connectivity index (χ4n) is 2.43. The number of nitrogens with one attached hydrogen (secondary N) is 1. The number of hydrogen-bond acceptors (Lipinski definition) is 1. The van der Waals surface area contributed by atoms with Gasteiger partial charge in [-0.05, 0) is 49.4 Å².